The molecule has 0 bridgehead atoms. The second kappa shape index (κ2) is 6.85. The molecule has 1 fully saturated rings. The van der Waals surface area contributed by atoms with Gasteiger partial charge in [0.25, 0.3) is 0 Å². The summed E-state index contributed by atoms with van der Waals surface area (Å²) in [4.78, 5) is 17.2. The first-order valence-electron chi connectivity index (χ1n) is 7.09. The quantitative estimate of drug-likeness (QED) is 0.872. The van der Waals surface area contributed by atoms with Gasteiger partial charge in [-0.1, -0.05) is 11.6 Å². The summed E-state index contributed by atoms with van der Waals surface area (Å²) < 4.78 is 5.43. The third kappa shape index (κ3) is 3.61. The maximum absolute atomic E-state index is 5.78. The molecule has 0 amide bonds. The molecule has 0 aromatic carbocycles. The second-order valence-electron chi connectivity index (χ2n) is 4.98. The van der Waals surface area contributed by atoms with Crippen LogP contribution in [0.4, 0.5) is 11.8 Å². The van der Waals surface area contributed by atoms with Gasteiger partial charge in [0.2, 0.25) is 5.95 Å². The summed E-state index contributed by atoms with van der Waals surface area (Å²) in [5.74, 6) is 2.30. The lowest BCUT2D eigenvalue weighted by atomic mass is 10.0. The van der Waals surface area contributed by atoms with Crippen molar-refractivity contribution < 1.29 is 4.74 Å². The van der Waals surface area contributed by atoms with Gasteiger partial charge in [0.05, 0.1) is 23.9 Å². The zero-order chi connectivity index (χ0) is 15.4. The Labute approximate surface area is 133 Å². The van der Waals surface area contributed by atoms with Gasteiger partial charge in [-0.25, -0.2) is 15.0 Å². The second-order valence-corrected chi connectivity index (χ2v) is 5.42. The lowest BCUT2D eigenvalue weighted by Gasteiger charge is -2.12. The standard InChI is InChI=1S/C14H17ClN6O/c1-16-14-20-11(9-2-3-22-8-9)4-12(21-14)19-7-13-17-5-10(15)6-18-13/h4-6,9H,2-3,7-8H2,1H3,(H2,16,19,20,21)/t9-/m0/s1. The summed E-state index contributed by atoms with van der Waals surface area (Å²) in [6.45, 7) is 1.96. The van der Waals surface area contributed by atoms with Crippen LogP contribution in [0.15, 0.2) is 18.5 Å². The predicted octanol–water partition coefficient (Wildman–Crippen LogP) is 2.08. The van der Waals surface area contributed by atoms with Crippen LogP contribution in [-0.2, 0) is 11.3 Å². The van der Waals surface area contributed by atoms with Crippen LogP contribution in [0.5, 0.6) is 0 Å². The van der Waals surface area contributed by atoms with Crippen molar-refractivity contribution in [1.29, 1.82) is 0 Å². The maximum Gasteiger partial charge on any atom is 0.224 e. The average molecular weight is 321 g/mol. The van der Waals surface area contributed by atoms with Crippen molar-refractivity contribution >= 4 is 23.4 Å². The molecule has 8 heteroatoms. The normalized spacial score (nSPS) is 17.5. The Morgan fingerprint density at radius 1 is 1.32 bits per heavy atom. The number of aromatic nitrogens is 4. The van der Waals surface area contributed by atoms with E-state index in [1.807, 2.05) is 6.07 Å². The molecule has 2 aromatic rings. The summed E-state index contributed by atoms with van der Waals surface area (Å²) in [7, 11) is 1.80. The van der Waals surface area contributed by atoms with E-state index in [0.717, 1.165) is 24.5 Å². The summed E-state index contributed by atoms with van der Waals surface area (Å²) in [5, 5.41) is 6.72. The van der Waals surface area contributed by atoms with Crippen LogP contribution >= 0.6 is 11.6 Å². The molecule has 0 aliphatic carbocycles. The van der Waals surface area contributed by atoms with Gasteiger partial charge in [-0.05, 0) is 6.42 Å². The fraction of sp³-hybridized carbons (Fsp3) is 0.429. The number of hydrogen-bond acceptors (Lipinski definition) is 7. The highest BCUT2D eigenvalue weighted by Crippen LogP contribution is 2.26. The molecular formula is C14H17ClN6O. The smallest absolute Gasteiger partial charge is 0.224 e. The van der Waals surface area contributed by atoms with E-state index in [1.54, 1.807) is 19.4 Å². The Morgan fingerprint density at radius 2 is 2.14 bits per heavy atom. The molecule has 3 heterocycles. The monoisotopic (exact) mass is 320 g/mol. The molecule has 3 rings (SSSR count). The van der Waals surface area contributed by atoms with Crippen LogP contribution in [0.2, 0.25) is 5.02 Å². The molecule has 0 unspecified atom stereocenters. The van der Waals surface area contributed by atoms with Crippen molar-refractivity contribution in [3.63, 3.8) is 0 Å². The zero-order valence-corrected chi connectivity index (χ0v) is 13.0. The number of nitrogens with one attached hydrogen (secondary N) is 2. The van der Waals surface area contributed by atoms with Crippen molar-refractivity contribution in [3.05, 3.63) is 35.0 Å². The van der Waals surface area contributed by atoms with Crippen molar-refractivity contribution in [2.24, 2.45) is 0 Å². The Kier molecular flexibility index (Phi) is 4.65. The van der Waals surface area contributed by atoms with Gasteiger partial charge >= 0.3 is 0 Å². The predicted molar refractivity (Wildman–Crippen MR) is 84.1 cm³/mol. The maximum atomic E-state index is 5.78. The van der Waals surface area contributed by atoms with E-state index in [0.29, 0.717) is 35.9 Å². The zero-order valence-electron chi connectivity index (χ0n) is 12.2. The first-order chi connectivity index (χ1) is 10.7. The minimum absolute atomic E-state index is 0.322. The van der Waals surface area contributed by atoms with E-state index < -0.39 is 0 Å². The molecule has 2 N–H and O–H groups in total. The van der Waals surface area contributed by atoms with E-state index in [9.17, 15) is 0 Å². The van der Waals surface area contributed by atoms with Crippen molar-refractivity contribution in [1.82, 2.24) is 19.9 Å². The highest BCUT2D eigenvalue weighted by Gasteiger charge is 2.20. The van der Waals surface area contributed by atoms with Crippen LogP contribution in [-0.4, -0.2) is 40.2 Å². The lowest BCUT2D eigenvalue weighted by Crippen LogP contribution is -2.10. The van der Waals surface area contributed by atoms with E-state index in [-0.39, 0.29) is 0 Å². The fourth-order valence-corrected chi connectivity index (χ4v) is 2.34. The van der Waals surface area contributed by atoms with Gasteiger partial charge in [0.1, 0.15) is 11.6 Å². The summed E-state index contributed by atoms with van der Waals surface area (Å²) >= 11 is 5.78. The van der Waals surface area contributed by atoms with E-state index >= 15 is 0 Å². The highest BCUT2D eigenvalue weighted by molar-refractivity contribution is 6.30. The van der Waals surface area contributed by atoms with E-state index in [4.69, 9.17) is 16.3 Å². The van der Waals surface area contributed by atoms with Gasteiger partial charge in [-0.15, -0.1) is 0 Å². The summed E-state index contributed by atoms with van der Waals surface area (Å²) in [5.41, 5.74) is 0.983. The van der Waals surface area contributed by atoms with Crippen LogP contribution in [0.1, 0.15) is 23.9 Å². The fourth-order valence-electron chi connectivity index (χ4n) is 2.25. The molecule has 2 aromatic heterocycles. The number of ether oxygens (including phenoxy) is 1. The number of halogens is 1. The van der Waals surface area contributed by atoms with Crippen LogP contribution in [0.3, 0.4) is 0 Å². The number of hydrogen-bond donors (Lipinski definition) is 2. The average Bonchev–Trinajstić information content (AvgIpc) is 3.08. The van der Waals surface area contributed by atoms with Gasteiger partial charge < -0.3 is 15.4 Å². The summed E-state index contributed by atoms with van der Waals surface area (Å²) in [6, 6.07) is 1.95. The largest absolute Gasteiger partial charge is 0.381 e. The molecule has 0 spiro atoms. The molecular weight excluding hydrogens is 304 g/mol. The van der Waals surface area contributed by atoms with Crippen molar-refractivity contribution in [2.45, 2.75) is 18.9 Å². The molecule has 1 aliphatic heterocycles. The Bertz CT molecular complexity index is 630. The minimum atomic E-state index is 0.322. The molecule has 116 valence electrons. The van der Waals surface area contributed by atoms with Gasteiger partial charge in [0.15, 0.2) is 0 Å². The molecule has 0 radical (unpaired) electrons. The topological polar surface area (TPSA) is 84.9 Å². The van der Waals surface area contributed by atoms with Crippen molar-refractivity contribution in [2.75, 3.05) is 30.9 Å². The Hall–Kier alpha value is -1.99. The molecule has 1 saturated heterocycles. The van der Waals surface area contributed by atoms with E-state index in [1.165, 1.54) is 0 Å². The molecule has 0 saturated carbocycles. The van der Waals surface area contributed by atoms with Gasteiger partial charge in [0, 0.05) is 38.0 Å². The number of nitrogens with zero attached hydrogens (tertiary/aromatic N) is 4. The molecule has 22 heavy (non-hydrogen) atoms. The van der Waals surface area contributed by atoms with Crippen LogP contribution in [0, 0.1) is 0 Å². The van der Waals surface area contributed by atoms with Gasteiger partial charge in [-0.2, -0.15) is 4.98 Å². The molecule has 7 nitrogen and oxygen atoms in total. The number of anilines is 2. The number of rotatable bonds is 5. The first kappa shape index (κ1) is 14.9. The first-order valence-corrected chi connectivity index (χ1v) is 7.47. The van der Waals surface area contributed by atoms with E-state index in [2.05, 4.69) is 30.6 Å². The molecule has 1 aliphatic rings. The van der Waals surface area contributed by atoms with Crippen LogP contribution in [0.25, 0.3) is 0 Å². The molecule has 1 atom stereocenters. The third-order valence-electron chi connectivity index (χ3n) is 3.42. The lowest BCUT2D eigenvalue weighted by molar-refractivity contribution is 0.193. The van der Waals surface area contributed by atoms with Gasteiger partial charge in [-0.3, -0.25) is 0 Å². The SMILES string of the molecule is CNc1nc(NCc2ncc(Cl)cn2)cc([C@H]2CCOC2)n1. The van der Waals surface area contributed by atoms with Crippen molar-refractivity contribution in [3.8, 4) is 0 Å². The Balaban J connectivity index is 1.74. The Morgan fingerprint density at radius 3 is 2.82 bits per heavy atom. The summed E-state index contributed by atoms with van der Waals surface area (Å²) in [6.07, 6.45) is 4.14. The van der Waals surface area contributed by atoms with Crippen LogP contribution < -0.4 is 10.6 Å². The minimum Gasteiger partial charge on any atom is -0.381 e. The third-order valence-corrected chi connectivity index (χ3v) is 3.61. The highest BCUT2D eigenvalue weighted by atomic mass is 35.5.